The normalized spacial score (nSPS) is 23.0. The molecule has 0 radical (unpaired) electrons. The molecule has 4 atom stereocenters. The van der Waals surface area contributed by atoms with Crippen LogP contribution in [0.5, 0.6) is 0 Å². The van der Waals surface area contributed by atoms with Gasteiger partial charge in [0.05, 0.1) is 0 Å². The van der Waals surface area contributed by atoms with Crippen molar-refractivity contribution in [3.8, 4) is 0 Å². The molecular formula is C60H92I6Si5. The van der Waals surface area contributed by atoms with E-state index < -0.39 is 20.5 Å². The van der Waals surface area contributed by atoms with E-state index in [1.54, 1.807) is 44.5 Å². The molecule has 5 rings (SSSR count). The van der Waals surface area contributed by atoms with Gasteiger partial charge in [0.2, 0.25) is 2.10 Å². The highest BCUT2D eigenvalue weighted by molar-refractivity contribution is 14.3. The van der Waals surface area contributed by atoms with Crippen molar-refractivity contribution in [1.29, 1.82) is 0 Å². The summed E-state index contributed by atoms with van der Waals surface area (Å²) < 4.78 is -13.9. The van der Waals surface area contributed by atoms with Crippen LogP contribution in [-0.2, 0) is 0 Å². The van der Waals surface area contributed by atoms with Crippen LogP contribution in [0.2, 0.25) is 0 Å². The Hall–Kier alpha value is 2.34. The highest BCUT2D eigenvalue weighted by Crippen LogP contribution is 2.67. The van der Waals surface area contributed by atoms with E-state index in [1.165, 1.54) is 22.3 Å². The van der Waals surface area contributed by atoms with E-state index in [0.717, 1.165) is 0 Å². The van der Waals surface area contributed by atoms with E-state index >= 15 is 0 Å². The van der Waals surface area contributed by atoms with Crippen LogP contribution < -0.4 is 20.7 Å². The van der Waals surface area contributed by atoms with Gasteiger partial charge in [0.1, 0.15) is 0 Å². The van der Waals surface area contributed by atoms with Crippen molar-refractivity contribution in [2.75, 3.05) is 0 Å². The van der Waals surface area contributed by atoms with Crippen molar-refractivity contribution < 1.29 is 0 Å². The van der Waals surface area contributed by atoms with Crippen LogP contribution in [0, 0.1) is 0 Å². The second-order valence-corrected chi connectivity index (χ2v) is 136. The lowest BCUT2D eigenvalue weighted by Gasteiger charge is -2.50. The third-order valence-corrected chi connectivity index (χ3v) is 304. The zero-order valence-corrected chi connectivity index (χ0v) is 66.3. The van der Waals surface area contributed by atoms with Crippen molar-refractivity contribution in [2.45, 2.75) is 237 Å². The van der Waals surface area contributed by atoms with Gasteiger partial charge in [0, 0.05) is 0 Å². The second-order valence-electron chi connectivity index (χ2n) is 25.4. The van der Waals surface area contributed by atoms with Gasteiger partial charge < -0.3 is 0 Å². The van der Waals surface area contributed by atoms with Gasteiger partial charge in [0.15, 0.2) is 18.4 Å². The monoisotopic (exact) mass is 1710 g/mol. The highest BCUT2D eigenvalue weighted by Gasteiger charge is 2.93. The molecule has 0 unspecified atom stereocenters. The average molecular weight is 1720 g/mol. The van der Waals surface area contributed by atoms with Crippen LogP contribution in [0.3, 0.4) is 0 Å². The van der Waals surface area contributed by atoms with Gasteiger partial charge >= 0.3 is 0 Å². The lowest BCUT2D eigenvalue weighted by Crippen LogP contribution is -2.85. The van der Waals surface area contributed by atoms with Crippen molar-refractivity contribution in [2.24, 2.45) is 0 Å². The molecule has 11 heteroatoms. The van der Waals surface area contributed by atoms with Gasteiger partial charge in [0.25, 0.3) is 0 Å². The smallest absolute Gasteiger partial charge is 0.117 e. The first-order valence-electron chi connectivity index (χ1n) is 27.3. The third-order valence-electron chi connectivity index (χ3n) is 16.2. The van der Waals surface area contributed by atoms with E-state index in [1.807, 2.05) is 20.7 Å². The minimum Gasteiger partial charge on any atom is -0.117 e. The van der Waals surface area contributed by atoms with Crippen LogP contribution in [0.15, 0.2) is 48.5 Å². The Balaban J connectivity index is 2.48. The predicted molar refractivity (Wildman–Crippen MR) is 386 cm³/mol. The Kier molecular flexibility index (Phi) is 21.5. The molecule has 0 amide bonds. The molecule has 394 valence electrons. The minimum absolute atomic E-state index is 0.410. The van der Waals surface area contributed by atoms with Gasteiger partial charge in [-0.2, -0.15) is 0 Å². The Morgan fingerprint density at radius 3 is 0.451 bits per heavy atom. The number of hydrogen-bond acceptors (Lipinski definition) is 0. The fraction of sp³-hybridized carbons (Fsp3) is 0.600. The molecule has 0 aromatic heterocycles. The third kappa shape index (κ3) is 10.6. The fourth-order valence-electron chi connectivity index (χ4n) is 11.9. The molecule has 1 saturated heterocycles. The molecule has 0 saturated carbocycles. The van der Waals surface area contributed by atoms with Crippen LogP contribution >= 0.6 is 131 Å². The van der Waals surface area contributed by atoms with Gasteiger partial charge in [-0.15, -0.1) is 131 Å². The fourth-order valence-corrected chi connectivity index (χ4v) is 485. The number of halogens is 6. The van der Waals surface area contributed by atoms with E-state index in [4.69, 9.17) is 0 Å². The summed E-state index contributed by atoms with van der Waals surface area (Å²) in [5.74, 6) is 5.21. The summed E-state index contributed by atoms with van der Waals surface area (Å²) in [6.45, 7) is 60.6. The van der Waals surface area contributed by atoms with Gasteiger partial charge in [-0.25, -0.2) is 0 Å². The van der Waals surface area contributed by atoms with E-state index in [9.17, 15) is 0 Å². The van der Waals surface area contributed by atoms with Gasteiger partial charge in [-0.3, -0.25) is 0 Å². The summed E-state index contributed by atoms with van der Waals surface area (Å²) in [6, 6.07) is 22.3. The molecule has 1 heterocycles. The molecule has 1 aliphatic rings. The maximum Gasteiger partial charge on any atom is 0.203 e. The van der Waals surface area contributed by atoms with E-state index in [2.05, 4.69) is 345 Å². The highest BCUT2D eigenvalue weighted by atomic mass is 127. The molecule has 1 aliphatic heterocycles. The lowest BCUT2D eigenvalue weighted by atomic mass is 9.89. The molecule has 0 bridgehead atoms. The zero-order valence-electron chi connectivity index (χ0n) is 48.3. The second kappa shape index (κ2) is 23.8. The maximum absolute atomic E-state index is 3.60. The SMILES string of the molecule is CC(C)c1cc(C(C)C)c([Si@]2(I)[Si@@](I)(c3c(C(C)C)cc(C(C)C)cc3C(C)C)[Si@](I)(c3c(C(C)C)cc(C(C)C)cc3C(C)C)[Si](I)(I)[Si@@]2(I)c2c(C(C)C)cc(C(C)C)cc2C(C)C)c(C(C)C)c1. The van der Waals surface area contributed by atoms with Crippen molar-refractivity contribution in [3.05, 3.63) is 115 Å². The largest absolute Gasteiger partial charge is 0.203 e. The summed E-state index contributed by atoms with van der Waals surface area (Å²) in [5, 5.41) is 7.65. The standard InChI is InChI=1S/C60H92I6Si5/c1-33(2)45-25-49(37(9)10)57(50(26-45)38(11)12)67(61)68(62,58-51(39(13)14)27-46(34(3)4)28-52(58)40(15)16)70(64,60-55(43(21)22)31-48(36(7)8)32-56(60)44(23)24)71(65,66)69(67,63)59-53(41(17)18)29-47(35(5)6)30-54(59)42(19)20/h25-44H,1-24H3/t67-,68-,69+,70+/m0/s1. The molecular weight excluding hydrogens is 1620 g/mol. The number of hydrogen-bond donors (Lipinski definition) is 0. The van der Waals surface area contributed by atoms with E-state index in [-0.39, 0.29) is 0 Å². The van der Waals surface area contributed by atoms with Gasteiger partial charge in [-0.1, -0.05) is 215 Å². The molecule has 0 spiro atoms. The number of rotatable bonds is 16. The molecule has 0 N–H and O–H groups in total. The van der Waals surface area contributed by atoms with Gasteiger partial charge in [-0.05, 0) is 159 Å². The molecule has 1 fully saturated rings. The zero-order chi connectivity index (χ0) is 54.3. The first-order chi connectivity index (χ1) is 32.5. The summed E-state index contributed by atoms with van der Waals surface area (Å²) in [4.78, 5) is 0. The number of benzene rings is 4. The molecule has 71 heavy (non-hydrogen) atoms. The Morgan fingerprint density at radius 2 is 0.338 bits per heavy atom. The summed E-state index contributed by atoms with van der Waals surface area (Å²) >= 11 is 21.3. The topological polar surface area (TPSA) is 0 Å². The first kappa shape index (κ1) is 64.2. The van der Waals surface area contributed by atoms with Crippen molar-refractivity contribution in [1.82, 2.24) is 0 Å². The molecule has 4 aromatic rings. The predicted octanol–water partition coefficient (Wildman–Crippen LogP) is 20.3. The molecule has 0 nitrogen and oxygen atoms in total. The van der Waals surface area contributed by atoms with Crippen LogP contribution in [0.25, 0.3) is 0 Å². The minimum atomic E-state index is -2.90. The Morgan fingerprint density at radius 1 is 0.211 bits per heavy atom. The Labute approximate surface area is 517 Å². The first-order valence-corrected chi connectivity index (χ1v) is 61.0. The summed E-state index contributed by atoms with van der Waals surface area (Å²) in [5.41, 5.74) is 19.7. The maximum atomic E-state index is 3.60. The quantitative estimate of drug-likeness (QED) is 0.0596. The summed E-state index contributed by atoms with van der Waals surface area (Å²) in [7, 11) is 0. The van der Waals surface area contributed by atoms with Crippen molar-refractivity contribution >= 4 is 172 Å². The molecule has 4 aromatic carbocycles. The summed E-state index contributed by atoms with van der Waals surface area (Å²) in [6.07, 6.45) is 0. The van der Waals surface area contributed by atoms with Crippen molar-refractivity contribution in [3.63, 3.8) is 0 Å². The Bertz CT molecular complexity index is 2300. The van der Waals surface area contributed by atoms with Crippen LogP contribution in [-0.4, -0.2) is 20.5 Å². The van der Waals surface area contributed by atoms with Crippen LogP contribution in [0.4, 0.5) is 0 Å². The molecule has 0 aliphatic carbocycles. The lowest BCUT2D eigenvalue weighted by molar-refractivity contribution is 0.811. The van der Waals surface area contributed by atoms with E-state index in [0.29, 0.717) is 71.0 Å². The van der Waals surface area contributed by atoms with Crippen LogP contribution in [0.1, 0.15) is 304 Å². The average Bonchev–Trinajstić information content (AvgIpc) is 3.35.